The zero-order chi connectivity index (χ0) is 28.1. The molecule has 0 aromatic heterocycles. The third-order valence-corrected chi connectivity index (χ3v) is 5.83. The van der Waals surface area contributed by atoms with Gasteiger partial charge in [0.25, 0.3) is 0 Å². The number of hydrogen-bond donors (Lipinski definition) is 7. The molecule has 0 aliphatic carbocycles. The van der Waals surface area contributed by atoms with Crippen LogP contribution in [0.15, 0.2) is 22.1 Å². The molecule has 0 amide bonds. The Morgan fingerprint density at radius 2 is 1.11 bits per heavy atom. The standard InChI is InChI=1S/C28H57N9/c1-22(2)36-26(31)13-17-34-20-28(19-33-16-12-25(6)30,15-10-8-7-9-11-24(5)29)21-35-18-14-27(32)37-23(3)4/h7-8,22-23,29-30,33-35H,9-21H2,1-6H3,(H2,31,36)(H2,32,37)/b8-7+,29-24?,30-25?. The van der Waals surface area contributed by atoms with E-state index < -0.39 is 0 Å². The van der Waals surface area contributed by atoms with Gasteiger partial charge < -0.3 is 38.2 Å². The molecule has 0 rings (SSSR count). The maximum absolute atomic E-state index is 7.75. The molecule has 214 valence electrons. The second-order valence-corrected chi connectivity index (χ2v) is 10.8. The molecular weight excluding hydrogens is 462 g/mol. The van der Waals surface area contributed by atoms with E-state index in [9.17, 15) is 0 Å². The largest absolute Gasteiger partial charge is 0.387 e. The van der Waals surface area contributed by atoms with Gasteiger partial charge in [0.15, 0.2) is 0 Å². The smallest absolute Gasteiger partial charge is 0.0953 e. The lowest BCUT2D eigenvalue weighted by molar-refractivity contribution is 0.231. The minimum atomic E-state index is -0.0222. The molecule has 0 aromatic carbocycles. The molecular formula is C28H57N9. The number of aliphatic imine (C=N–C) groups is 2. The van der Waals surface area contributed by atoms with Gasteiger partial charge in [-0.1, -0.05) is 12.2 Å². The minimum Gasteiger partial charge on any atom is -0.387 e. The van der Waals surface area contributed by atoms with Crippen molar-refractivity contribution in [2.24, 2.45) is 26.9 Å². The summed E-state index contributed by atoms with van der Waals surface area (Å²) in [6, 6.07) is 0.416. The fraction of sp³-hybridized carbons (Fsp3) is 0.786. The Hall–Kier alpha value is -2.10. The summed E-state index contributed by atoms with van der Waals surface area (Å²) in [6.45, 7) is 16.7. The van der Waals surface area contributed by atoms with Crippen LogP contribution < -0.4 is 27.4 Å². The highest BCUT2D eigenvalue weighted by atomic mass is 15.0. The predicted octanol–water partition coefficient (Wildman–Crippen LogP) is 3.64. The van der Waals surface area contributed by atoms with E-state index in [4.69, 9.17) is 22.3 Å². The van der Waals surface area contributed by atoms with Crippen molar-refractivity contribution in [1.82, 2.24) is 16.0 Å². The number of allylic oxidation sites excluding steroid dienone is 2. The maximum atomic E-state index is 7.75. The molecule has 0 atom stereocenters. The topological polar surface area (TPSA) is 161 Å². The molecule has 9 heteroatoms. The van der Waals surface area contributed by atoms with Crippen molar-refractivity contribution in [2.45, 2.75) is 98.6 Å². The minimum absolute atomic E-state index is 0.0222. The molecule has 0 saturated heterocycles. The molecule has 0 unspecified atom stereocenters. The monoisotopic (exact) mass is 519 g/mol. The fourth-order valence-electron chi connectivity index (χ4n) is 3.94. The molecule has 0 aliphatic rings. The van der Waals surface area contributed by atoms with E-state index in [1.165, 1.54) is 0 Å². The van der Waals surface area contributed by atoms with E-state index >= 15 is 0 Å². The van der Waals surface area contributed by atoms with E-state index in [0.717, 1.165) is 89.9 Å². The number of rotatable bonds is 23. The van der Waals surface area contributed by atoms with Crippen LogP contribution in [0, 0.1) is 16.2 Å². The zero-order valence-corrected chi connectivity index (χ0v) is 24.6. The van der Waals surface area contributed by atoms with Crippen molar-refractivity contribution in [3.8, 4) is 0 Å². The highest BCUT2D eigenvalue weighted by Crippen LogP contribution is 2.23. The van der Waals surface area contributed by atoms with Gasteiger partial charge >= 0.3 is 0 Å². The first-order valence-electron chi connectivity index (χ1n) is 13.9. The van der Waals surface area contributed by atoms with Crippen molar-refractivity contribution < 1.29 is 0 Å². The van der Waals surface area contributed by atoms with Crippen LogP contribution in [0.3, 0.4) is 0 Å². The van der Waals surface area contributed by atoms with Gasteiger partial charge in [0.05, 0.1) is 11.7 Å². The molecule has 0 aromatic rings. The van der Waals surface area contributed by atoms with Crippen LogP contribution in [0.5, 0.6) is 0 Å². The van der Waals surface area contributed by atoms with Gasteiger partial charge in [0.1, 0.15) is 0 Å². The molecule has 0 heterocycles. The van der Waals surface area contributed by atoms with Crippen LogP contribution >= 0.6 is 0 Å². The molecule has 0 radical (unpaired) electrons. The van der Waals surface area contributed by atoms with Crippen molar-refractivity contribution >= 4 is 23.1 Å². The van der Waals surface area contributed by atoms with Crippen LogP contribution in [0.25, 0.3) is 0 Å². The zero-order valence-electron chi connectivity index (χ0n) is 24.6. The molecule has 37 heavy (non-hydrogen) atoms. The average molecular weight is 520 g/mol. The van der Waals surface area contributed by atoms with Crippen LogP contribution in [-0.4, -0.2) is 74.4 Å². The quantitative estimate of drug-likeness (QED) is 0.0474. The first kappa shape index (κ1) is 34.9. The van der Waals surface area contributed by atoms with Crippen LogP contribution in [-0.2, 0) is 0 Å². The normalized spacial score (nSPS) is 14.6. The number of amidine groups is 2. The Morgan fingerprint density at radius 3 is 1.51 bits per heavy atom. The molecule has 0 bridgehead atoms. The fourth-order valence-corrected chi connectivity index (χ4v) is 3.94. The summed E-state index contributed by atoms with van der Waals surface area (Å²) in [5, 5.41) is 26.2. The van der Waals surface area contributed by atoms with Crippen molar-refractivity contribution in [2.75, 3.05) is 39.3 Å². The van der Waals surface area contributed by atoms with Crippen LogP contribution in [0.1, 0.15) is 86.5 Å². The van der Waals surface area contributed by atoms with Crippen molar-refractivity contribution in [1.29, 1.82) is 10.8 Å². The Bertz CT molecular complexity index is 691. The summed E-state index contributed by atoms with van der Waals surface area (Å²) in [5.74, 6) is 1.38. The Labute approximate surface area is 226 Å². The van der Waals surface area contributed by atoms with Gasteiger partial charge in [-0.25, -0.2) is 0 Å². The number of nitrogens with one attached hydrogen (secondary N) is 5. The molecule has 9 N–H and O–H groups in total. The van der Waals surface area contributed by atoms with Gasteiger partial charge in [-0.05, 0) is 73.6 Å². The summed E-state index contributed by atoms with van der Waals surface area (Å²) in [7, 11) is 0. The van der Waals surface area contributed by atoms with Gasteiger partial charge in [-0.2, -0.15) is 0 Å². The maximum Gasteiger partial charge on any atom is 0.0953 e. The van der Waals surface area contributed by atoms with E-state index in [1.807, 2.05) is 41.5 Å². The number of nitrogens with two attached hydrogens (primary N) is 2. The lowest BCUT2D eigenvalue weighted by Crippen LogP contribution is -2.49. The van der Waals surface area contributed by atoms with E-state index in [2.05, 4.69) is 38.1 Å². The summed E-state index contributed by atoms with van der Waals surface area (Å²) in [5.41, 5.74) is 13.5. The molecule has 0 spiro atoms. The molecule has 0 saturated carbocycles. The predicted molar refractivity (Wildman–Crippen MR) is 163 cm³/mol. The SMILES string of the molecule is CC(=N)CC/C=C/CCC(CNCCC(C)=N)(CNCCC(N)=NC(C)C)CNCCC(N)=NC(C)C. The highest BCUT2D eigenvalue weighted by Gasteiger charge is 2.28. The van der Waals surface area contributed by atoms with Crippen LogP contribution in [0.4, 0.5) is 0 Å². The average Bonchev–Trinajstić information content (AvgIpc) is 2.78. The van der Waals surface area contributed by atoms with Gasteiger partial charge in [0, 0.05) is 81.0 Å². The van der Waals surface area contributed by atoms with E-state index in [-0.39, 0.29) is 17.5 Å². The van der Waals surface area contributed by atoms with Gasteiger partial charge in [-0.3, -0.25) is 9.98 Å². The van der Waals surface area contributed by atoms with E-state index in [1.54, 1.807) is 0 Å². The second-order valence-electron chi connectivity index (χ2n) is 10.8. The second kappa shape index (κ2) is 20.9. The van der Waals surface area contributed by atoms with Crippen molar-refractivity contribution in [3.05, 3.63) is 12.2 Å². The first-order chi connectivity index (χ1) is 17.5. The number of hydrogen-bond acceptors (Lipinski definition) is 7. The van der Waals surface area contributed by atoms with E-state index in [0.29, 0.717) is 17.4 Å². The molecule has 9 nitrogen and oxygen atoms in total. The number of nitrogens with zero attached hydrogens (tertiary/aromatic N) is 2. The third-order valence-electron chi connectivity index (χ3n) is 5.83. The Kier molecular flexibility index (Phi) is 19.7. The molecule has 0 aliphatic heterocycles. The van der Waals surface area contributed by atoms with Gasteiger partial charge in [-0.15, -0.1) is 0 Å². The van der Waals surface area contributed by atoms with Crippen molar-refractivity contribution in [3.63, 3.8) is 0 Å². The third kappa shape index (κ3) is 21.7. The summed E-state index contributed by atoms with van der Waals surface area (Å²) in [6.07, 6.45) is 10.4. The first-order valence-corrected chi connectivity index (χ1v) is 13.9. The summed E-state index contributed by atoms with van der Waals surface area (Å²) in [4.78, 5) is 8.88. The lowest BCUT2D eigenvalue weighted by Gasteiger charge is -2.35. The van der Waals surface area contributed by atoms with Gasteiger partial charge in [0.2, 0.25) is 0 Å². The molecule has 0 fully saturated rings. The van der Waals surface area contributed by atoms with Crippen LogP contribution in [0.2, 0.25) is 0 Å². The summed E-state index contributed by atoms with van der Waals surface area (Å²) >= 11 is 0. The Morgan fingerprint density at radius 1 is 0.703 bits per heavy atom. The Balaban J connectivity index is 5.30. The highest BCUT2D eigenvalue weighted by molar-refractivity contribution is 5.81. The summed E-state index contributed by atoms with van der Waals surface area (Å²) < 4.78 is 0. The lowest BCUT2D eigenvalue weighted by atomic mass is 9.82.